The maximum Gasteiger partial charge on any atom is 0.191 e. The molecule has 0 aliphatic heterocycles. The number of benzene rings is 1. The van der Waals surface area contributed by atoms with Gasteiger partial charge < -0.3 is 15.4 Å². The molecule has 0 atom stereocenters. The molecule has 29 heavy (non-hydrogen) atoms. The standard InChI is InChI=1S/C23H37N5O/c1-7-23(8-2,20-12-10-9-11-13-20)17-26-22(24-5)25-16-21-18(3)27-28(19(21)4)14-15-29-6/h9-13H,7-8,14-17H2,1-6H3,(H2,24,25,26). The molecule has 0 radical (unpaired) electrons. The highest BCUT2D eigenvalue weighted by atomic mass is 16.5. The molecule has 0 unspecified atom stereocenters. The van der Waals surface area contributed by atoms with Gasteiger partial charge in [-0.15, -0.1) is 0 Å². The molecule has 1 heterocycles. The van der Waals surface area contributed by atoms with E-state index in [1.807, 2.05) is 11.7 Å². The molecule has 0 saturated carbocycles. The number of hydrogen-bond donors (Lipinski definition) is 2. The van der Waals surface area contributed by atoms with Crippen LogP contribution in [0.15, 0.2) is 35.3 Å². The third-order valence-corrected chi connectivity index (χ3v) is 6.03. The van der Waals surface area contributed by atoms with Crippen molar-refractivity contribution in [3.05, 3.63) is 52.8 Å². The molecule has 0 aliphatic carbocycles. The molecule has 160 valence electrons. The van der Waals surface area contributed by atoms with Crippen LogP contribution in [0, 0.1) is 13.8 Å². The smallest absolute Gasteiger partial charge is 0.191 e. The van der Waals surface area contributed by atoms with Crippen molar-refractivity contribution in [1.82, 2.24) is 20.4 Å². The molecule has 0 saturated heterocycles. The zero-order valence-corrected chi connectivity index (χ0v) is 18.9. The van der Waals surface area contributed by atoms with E-state index in [-0.39, 0.29) is 5.41 Å². The van der Waals surface area contributed by atoms with Crippen LogP contribution in [-0.2, 0) is 23.2 Å². The number of aryl methyl sites for hydroxylation is 1. The maximum atomic E-state index is 5.18. The van der Waals surface area contributed by atoms with Crippen molar-refractivity contribution in [2.24, 2.45) is 4.99 Å². The van der Waals surface area contributed by atoms with E-state index < -0.39 is 0 Å². The van der Waals surface area contributed by atoms with Gasteiger partial charge in [0.15, 0.2) is 5.96 Å². The molecule has 6 heteroatoms. The van der Waals surface area contributed by atoms with E-state index in [4.69, 9.17) is 4.74 Å². The van der Waals surface area contributed by atoms with Gasteiger partial charge in [0.1, 0.15) is 0 Å². The SMILES string of the molecule is CCC(CC)(CNC(=NC)NCc1c(C)nn(CCOC)c1C)c1ccccc1. The zero-order chi connectivity index (χ0) is 21.3. The minimum Gasteiger partial charge on any atom is -0.383 e. The zero-order valence-electron chi connectivity index (χ0n) is 18.9. The lowest BCUT2D eigenvalue weighted by Gasteiger charge is -2.33. The molecule has 1 aromatic heterocycles. The Hall–Kier alpha value is -2.34. The molecular formula is C23H37N5O. The van der Waals surface area contributed by atoms with Crippen LogP contribution < -0.4 is 10.6 Å². The molecule has 0 bridgehead atoms. The van der Waals surface area contributed by atoms with Gasteiger partial charge >= 0.3 is 0 Å². The number of hydrogen-bond acceptors (Lipinski definition) is 3. The Morgan fingerprint density at radius 1 is 1.14 bits per heavy atom. The van der Waals surface area contributed by atoms with Crippen LogP contribution in [0.1, 0.15) is 49.2 Å². The summed E-state index contributed by atoms with van der Waals surface area (Å²) in [5, 5.41) is 11.7. The third-order valence-electron chi connectivity index (χ3n) is 6.03. The molecule has 6 nitrogen and oxygen atoms in total. The van der Waals surface area contributed by atoms with Gasteiger partial charge in [-0.05, 0) is 32.3 Å². The lowest BCUT2D eigenvalue weighted by atomic mass is 9.76. The van der Waals surface area contributed by atoms with Gasteiger partial charge in [0.25, 0.3) is 0 Å². The van der Waals surface area contributed by atoms with Crippen molar-refractivity contribution in [3.8, 4) is 0 Å². The number of nitrogens with zero attached hydrogens (tertiary/aromatic N) is 3. The highest BCUT2D eigenvalue weighted by molar-refractivity contribution is 5.79. The Balaban J connectivity index is 2.03. The minimum absolute atomic E-state index is 0.0930. The molecular weight excluding hydrogens is 362 g/mol. The summed E-state index contributed by atoms with van der Waals surface area (Å²) in [4.78, 5) is 4.43. The topological polar surface area (TPSA) is 63.5 Å². The second kappa shape index (κ2) is 11.0. The molecule has 2 rings (SSSR count). The van der Waals surface area contributed by atoms with E-state index in [0.717, 1.165) is 37.6 Å². The number of aromatic nitrogens is 2. The maximum absolute atomic E-state index is 5.18. The second-order valence-corrected chi connectivity index (χ2v) is 7.50. The Morgan fingerprint density at radius 2 is 1.83 bits per heavy atom. The summed E-state index contributed by atoms with van der Waals surface area (Å²) in [5.74, 6) is 0.815. The van der Waals surface area contributed by atoms with Crippen molar-refractivity contribution in [2.75, 3.05) is 27.3 Å². The third kappa shape index (κ3) is 5.60. The summed E-state index contributed by atoms with van der Waals surface area (Å²) in [6, 6.07) is 10.8. The first kappa shape index (κ1) is 22.9. The van der Waals surface area contributed by atoms with Crippen LogP contribution in [0.3, 0.4) is 0 Å². The fraction of sp³-hybridized carbons (Fsp3) is 0.565. The molecule has 0 fully saturated rings. The monoisotopic (exact) mass is 399 g/mol. The predicted octanol–water partition coefficient (Wildman–Crippen LogP) is 3.57. The highest BCUT2D eigenvalue weighted by Gasteiger charge is 2.28. The molecule has 1 aromatic carbocycles. The summed E-state index contributed by atoms with van der Waals surface area (Å²) in [6.45, 7) is 11.6. The first-order chi connectivity index (χ1) is 14.0. The average molecular weight is 400 g/mol. The molecule has 2 N–H and O–H groups in total. The molecule has 0 amide bonds. The Morgan fingerprint density at radius 3 is 2.41 bits per heavy atom. The first-order valence-electron chi connectivity index (χ1n) is 10.5. The van der Waals surface area contributed by atoms with E-state index in [1.165, 1.54) is 16.8 Å². The molecule has 2 aromatic rings. The van der Waals surface area contributed by atoms with Crippen LogP contribution in [0.4, 0.5) is 0 Å². The Bertz CT molecular complexity index is 778. The van der Waals surface area contributed by atoms with Crippen molar-refractivity contribution in [2.45, 2.75) is 59.0 Å². The van der Waals surface area contributed by atoms with Crippen molar-refractivity contribution < 1.29 is 4.74 Å². The van der Waals surface area contributed by atoms with Gasteiger partial charge in [0, 0.05) is 43.9 Å². The number of nitrogens with one attached hydrogen (secondary N) is 2. The largest absolute Gasteiger partial charge is 0.383 e. The summed E-state index contributed by atoms with van der Waals surface area (Å²) in [5.41, 5.74) is 4.89. The molecule has 0 aliphatic rings. The number of ether oxygens (including phenoxy) is 1. The summed E-state index contributed by atoms with van der Waals surface area (Å²) in [6.07, 6.45) is 2.14. The highest BCUT2D eigenvalue weighted by Crippen LogP contribution is 2.30. The van der Waals surface area contributed by atoms with Gasteiger partial charge in [-0.2, -0.15) is 5.10 Å². The van der Waals surface area contributed by atoms with Crippen LogP contribution in [0.5, 0.6) is 0 Å². The van der Waals surface area contributed by atoms with E-state index in [9.17, 15) is 0 Å². The van der Waals surface area contributed by atoms with Crippen molar-refractivity contribution in [3.63, 3.8) is 0 Å². The van der Waals surface area contributed by atoms with Crippen LogP contribution in [-0.4, -0.2) is 43.0 Å². The number of methoxy groups -OCH3 is 1. The molecule has 0 spiro atoms. The number of rotatable bonds is 10. The fourth-order valence-electron chi connectivity index (χ4n) is 3.83. The van der Waals surface area contributed by atoms with Crippen molar-refractivity contribution >= 4 is 5.96 Å². The van der Waals surface area contributed by atoms with E-state index in [2.05, 4.69) is 78.8 Å². The summed E-state index contributed by atoms with van der Waals surface area (Å²) < 4.78 is 7.20. The minimum atomic E-state index is 0.0930. The summed E-state index contributed by atoms with van der Waals surface area (Å²) >= 11 is 0. The van der Waals surface area contributed by atoms with Gasteiger partial charge in [-0.1, -0.05) is 44.2 Å². The Labute approximate surface area is 175 Å². The Kier molecular flexibility index (Phi) is 8.70. The number of guanidine groups is 1. The number of aliphatic imine (C=N–C) groups is 1. The summed E-state index contributed by atoms with van der Waals surface area (Å²) in [7, 11) is 3.53. The van der Waals surface area contributed by atoms with Gasteiger partial charge in [0.05, 0.1) is 18.8 Å². The predicted molar refractivity (Wildman–Crippen MR) is 120 cm³/mol. The average Bonchev–Trinajstić information content (AvgIpc) is 3.03. The van der Waals surface area contributed by atoms with E-state index in [1.54, 1.807) is 7.11 Å². The second-order valence-electron chi connectivity index (χ2n) is 7.50. The van der Waals surface area contributed by atoms with E-state index in [0.29, 0.717) is 13.2 Å². The quantitative estimate of drug-likeness (QED) is 0.474. The fourth-order valence-corrected chi connectivity index (χ4v) is 3.83. The van der Waals surface area contributed by atoms with Crippen LogP contribution in [0.25, 0.3) is 0 Å². The van der Waals surface area contributed by atoms with Gasteiger partial charge in [-0.25, -0.2) is 0 Å². The normalized spacial score (nSPS) is 12.3. The van der Waals surface area contributed by atoms with Crippen LogP contribution >= 0.6 is 0 Å². The lowest BCUT2D eigenvalue weighted by Crippen LogP contribution is -2.45. The van der Waals surface area contributed by atoms with Gasteiger partial charge in [-0.3, -0.25) is 9.67 Å². The first-order valence-corrected chi connectivity index (χ1v) is 10.5. The lowest BCUT2D eigenvalue weighted by molar-refractivity contribution is 0.182. The van der Waals surface area contributed by atoms with Gasteiger partial charge in [0.2, 0.25) is 0 Å². The van der Waals surface area contributed by atoms with Crippen LogP contribution in [0.2, 0.25) is 0 Å². The van der Waals surface area contributed by atoms with E-state index >= 15 is 0 Å². The van der Waals surface area contributed by atoms with Crippen molar-refractivity contribution in [1.29, 1.82) is 0 Å².